The number of aliphatic carboxylic acids is 3. The molecule has 0 heterocycles. The van der Waals surface area contributed by atoms with E-state index in [1.54, 1.807) is 6.92 Å². The third kappa shape index (κ3) is 8.54. The minimum atomic E-state index is -2.74. The van der Waals surface area contributed by atoms with Crippen LogP contribution in [0.1, 0.15) is 112 Å². The average molecular weight is 668 g/mol. The van der Waals surface area contributed by atoms with E-state index in [9.17, 15) is 29.1 Å². The molecule has 0 saturated heterocycles. The first-order valence-electron chi connectivity index (χ1n) is 17.4. The van der Waals surface area contributed by atoms with Gasteiger partial charge in [0, 0.05) is 17.8 Å². The summed E-state index contributed by atoms with van der Waals surface area (Å²) in [6.45, 7) is 13.0. The molecule has 0 radical (unpaired) electrons. The highest BCUT2D eigenvalue weighted by Crippen LogP contribution is 2.67. The summed E-state index contributed by atoms with van der Waals surface area (Å²) in [7, 11) is 0. The molecule has 0 amide bonds. The predicted molar refractivity (Wildman–Crippen MR) is 171 cm³/mol. The molecule has 12 heteroatoms. The summed E-state index contributed by atoms with van der Waals surface area (Å²) in [4.78, 5) is 58.3. The van der Waals surface area contributed by atoms with Crippen molar-refractivity contribution in [1.29, 1.82) is 0 Å². The summed E-state index contributed by atoms with van der Waals surface area (Å²) >= 11 is 0. The van der Waals surface area contributed by atoms with Gasteiger partial charge in [0.2, 0.25) is 0 Å². The second kappa shape index (κ2) is 15.8. The molecule has 4 saturated carbocycles. The topological polar surface area (TPSA) is 199 Å². The van der Waals surface area contributed by atoms with Gasteiger partial charge in [-0.3, -0.25) is 24.1 Å². The molecule has 1 unspecified atom stereocenters. The maximum absolute atomic E-state index is 13.1. The number of aliphatic hydroxyl groups is 2. The molecule has 12 nitrogen and oxygen atoms in total. The SMILES string of the molecule is CCCN(CCC)CC(=O)OC1C[C@@H](O)C[C@@H]2CC[C@H]3[C@@H]4CC[C@H](C(C)=O)[C@@]4(C)CC[C@@H]3[C@@]12C.O=C(O)CC(O)(CC(=O)O)C(=O)O. The molecule has 0 aromatic rings. The number of fused-ring (bicyclic) bond motifs is 5. The lowest BCUT2D eigenvalue weighted by Gasteiger charge is -2.62. The Balaban J connectivity index is 0.000000392. The van der Waals surface area contributed by atoms with E-state index in [4.69, 9.17) is 25.2 Å². The highest BCUT2D eigenvalue weighted by Gasteiger charge is 2.63. The number of hydrogen-bond donors (Lipinski definition) is 5. The van der Waals surface area contributed by atoms with Crippen LogP contribution in [-0.4, -0.2) is 97.5 Å². The zero-order valence-electron chi connectivity index (χ0n) is 28.8. The van der Waals surface area contributed by atoms with Gasteiger partial charge in [-0.15, -0.1) is 0 Å². The van der Waals surface area contributed by atoms with Gasteiger partial charge in [0.1, 0.15) is 11.9 Å². The van der Waals surface area contributed by atoms with E-state index in [2.05, 4.69) is 32.6 Å². The molecule has 0 spiro atoms. The minimum absolute atomic E-state index is 0.0756. The van der Waals surface area contributed by atoms with Crippen molar-refractivity contribution in [1.82, 2.24) is 4.90 Å². The van der Waals surface area contributed by atoms with Crippen molar-refractivity contribution in [2.45, 2.75) is 129 Å². The molecule has 268 valence electrons. The number of carbonyl (C=O) groups excluding carboxylic acids is 2. The average Bonchev–Trinajstić information content (AvgIpc) is 3.31. The molecular formula is C35H57NO11. The first-order chi connectivity index (χ1) is 21.9. The Morgan fingerprint density at radius 1 is 0.851 bits per heavy atom. The van der Waals surface area contributed by atoms with Crippen LogP contribution in [0.2, 0.25) is 0 Å². The Morgan fingerprint density at radius 3 is 1.96 bits per heavy atom. The van der Waals surface area contributed by atoms with Crippen LogP contribution >= 0.6 is 0 Å². The molecule has 5 N–H and O–H groups in total. The molecular weight excluding hydrogens is 610 g/mol. The molecule has 0 bridgehead atoms. The summed E-state index contributed by atoms with van der Waals surface area (Å²) in [5.74, 6) is -2.41. The Labute approximate surface area is 278 Å². The summed E-state index contributed by atoms with van der Waals surface area (Å²) in [6, 6.07) is 0. The smallest absolute Gasteiger partial charge is 0.336 e. The van der Waals surface area contributed by atoms with Gasteiger partial charge in [-0.2, -0.15) is 0 Å². The van der Waals surface area contributed by atoms with Crippen LogP contribution < -0.4 is 0 Å². The highest BCUT2D eigenvalue weighted by molar-refractivity contribution is 5.88. The van der Waals surface area contributed by atoms with Crippen LogP contribution in [0.15, 0.2) is 0 Å². The number of carboxylic acid groups (broad SMARTS) is 3. The van der Waals surface area contributed by atoms with Gasteiger partial charge >= 0.3 is 23.9 Å². The number of ether oxygens (including phenoxy) is 1. The number of aliphatic hydroxyl groups excluding tert-OH is 1. The fraction of sp³-hybridized carbons (Fsp3) is 0.857. The molecule has 4 aliphatic carbocycles. The lowest BCUT2D eigenvalue weighted by Crippen LogP contribution is -2.60. The fourth-order valence-corrected chi connectivity index (χ4v) is 10.1. The van der Waals surface area contributed by atoms with Gasteiger partial charge in [0.15, 0.2) is 5.60 Å². The first-order valence-corrected chi connectivity index (χ1v) is 17.4. The summed E-state index contributed by atoms with van der Waals surface area (Å²) in [6.07, 6.45) is 7.33. The van der Waals surface area contributed by atoms with Crippen LogP contribution in [0.5, 0.6) is 0 Å². The minimum Gasteiger partial charge on any atom is -0.481 e. The molecule has 0 aromatic heterocycles. The lowest BCUT2D eigenvalue weighted by molar-refractivity contribution is -0.203. The van der Waals surface area contributed by atoms with Gasteiger partial charge < -0.3 is 30.3 Å². The van der Waals surface area contributed by atoms with Crippen LogP contribution in [0.25, 0.3) is 0 Å². The molecule has 0 aliphatic heterocycles. The van der Waals surface area contributed by atoms with Crippen molar-refractivity contribution in [2.24, 2.45) is 40.4 Å². The third-order valence-electron chi connectivity index (χ3n) is 12.2. The maximum atomic E-state index is 13.1. The number of rotatable bonds is 13. The number of Topliss-reactive ketones (excluding diaryl/α,β-unsaturated/α-hetero) is 1. The fourth-order valence-electron chi connectivity index (χ4n) is 10.1. The van der Waals surface area contributed by atoms with Crippen molar-refractivity contribution >= 4 is 29.7 Å². The Bertz CT molecular complexity index is 1140. The Morgan fingerprint density at radius 2 is 1.45 bits per heavy atom. The molecule has 0 aromatic carbocycles. The first kappa shape index (κ1) is 38.9. The van der Waals surface area contributed by atoms with E-state index >= 15 is 0 Å². The van der Waals surface area contributed by atoms with Gasteiger partial charge in [-0.1, -0.05) is 27.7 Å². The van der Waals surface area contributed by atoms with Gasteiger partial charge in [0.05, 0.1) is 25.5 Å². The Hall–Kier alpha value is -2.57. The standard InChI is InChI=1S/C29H49NO4.C6H8O7/c1-6-14-30(15-7-2)18-27(33)34-26-17-21(32)16-20-8-9-22-24-11-10-23(19(3)31)28(24,4)13-12-25(22)29(20,26)5;7-3(8)1-6(13,5(11)12)2-4(9)10/h20-26,32H,6-18H2,1-5H3;13H,1-2H2,(H,7,8)(H,9,10)(H,11,12)/t20-,21-,22-,23+,24-,25-,26?,28+,29-;/m0./s1. The summed E-state index contributed by atoms with van der Waals surface area (Å²) < 4.78 is 6.31. The number of hydrogen-bond acceptors (Lipinski definition) is 9. The molecule has 47 heavy (non-hydrogen) atoms. The van der Waals surface area contributed by atoms with Gasteiger partial charge in [-0.05, 0) is 107 Å². The lowest BCUT2D eigenvalue weighted by atomic mass is 9.44. The monoisotopic (exact) mass is 667 g/mol. The molecule has 4 rings (SSSR count). The van der Waals surface area contributed by atoms with Gasteiger partial charge in [-0.25, -0.2) is 4.79 Å². The number of carboxylic acids is 3. The predicted octanol–water partition coefficient (Wildman–Crippen LogP) is 3.99. The quantitative estimate of drug-likeness (QED) is 0.177. The van der Waals surface area contributed by atoms with Gasteiger partial charge in [0.25, 0.3) is 0 Å². The van der Waals surface area contributed by atoms with E-state index < -0.39 is 36.4 Å². The zero-order chi connectivity index (χ0) is 35.3. The number of esters is 1. The zero-order valence-corrected chi connectivity index (χ0v) is 28.8. The van der Waals surface area contributed by atoms with Crippen molar-refractivity contribution in [3.05, 3.63) is 0 Å². The van der Waals surface area contributed by atoms with E-state index in [1.807, 2.05) is 0 Å². The van der Waals surface area contributed by atoms with Crippen LogP contribution in [0.3, 0.4) is 0 Å². The Kier molecular flexibility index (Phi) is 13.0. The normalized spacial score (nSPS) is 34.6. The van der Waals surface area contributed by atoms with Crippen LogP contribution in [0.4, 0.5) is 0 Å². The second-order valence-corrected chi connectivity index (χ2v) is 15.2. The van der Waals surface area contributed by atoms with Crippen molar-refractivity contribution in [3.8, 4) is 0 Å². The maximum Gasteiger partial charge on any atom is 0.336 e. The van der Waals surface area contributed by atoms with E-state index in [0.29, 0.717) is 42.4 Å². The number of nitrogens with zero attached hydrogens (tertiary/aromatic N) is 1. The van der Waals surface area contributed by atoms with Crippen molar-refractivity contribution < 1.29 is 54.2 Å². The third-order valence-corrected chi connectivity index (χ3v) is 12.2. The largest absolute Gasteiger partial charge is 0.481 e. The number of carbonyl (C=O) groups is 5. The van der Waals surface area contributed by atoms with Crippen molar-refractivity contribution in [3.63, 3.8) is 0 Å². The number of ketones is 1. The van der Waals surface area contributed by atoms with Crippen LogP contribution in [-0.2, 0) is 28.7 Å². The van der Waals surface area contributed by atoms with E-state index in [0.717, 1.165) is 58.0 Å². The van der Waals surface area contributed by atoms with Crippen LogP contribution in [0, 0.1) is 40.4 Å². The summed E-state index contributed by atoms with van der Waals surface area (Å²) in [5, 5.41) is 44.6. The molecule has 9 atom stereocenters. The second-order valence-electron chi connectivity index (χ2n) is 15.2. The van der Waals surface area contributed by atoms with E-state index in [-0.39, 0.29) is 34.9 Å². The highest BCUT2D eigenvalue weighted by atomic mass is 16.5. The summed E-state index contributed by atoms with van der Waals surface area (Å²) in [5.41, 5.74) is -2.68. The van der Waals surface area contributed by atoms with E-state index in [1.165, 1.54) is 12.8 Å². The molecule has 4 aliphatic rings. The van der Waals surface area contributed by atoms with Crippen molar-refractivity contribution in [2.75, 3.05) is 19.6 Å². The molecule has 4 fully saturated rings.